The molecule has 0 spiro atoms. The molecule has 1 fully saturated rings. The Labute approximate surface area is 198 Å². The minimum Gasteiger partial charge on any atom is -0.354 e. The Morgan fingerprint density at radius 1 is 1.12 bits per heavy atom. The summed E-state index contributed by atoms with van der Waals surface area (Å²) in [7, 11) is 0. The molecule has 7 nitrogen and oxygen atoms in total. The van der Waals surface area contributed by atoms with Crippen molar-refractivity contribution in [1.82, 2.24) is 4.90 Å². The van der Waals surface area contributed by atoms with Gasteiger partial charge in [-0.05, 0) is 48.2 Å². The van der Waals surface area contributed by atoms with Gasteiger partial charge in [0.25, 0.3) is 11.6 Å². The van der Waals surface area contributed by atoms with Crippen LogP contribution in [-0.2, 0) is 11.3 Å². The lowest BCUT2D eigenvalue weighted by molar-refractivity contribution is -0.384. The van der Waals surface area contributed by atoms with Crippen LogP contribution in [0.2, 0.25) is 0 Å². The Kier molecular flexibility index (Phi) is 5.86. The summed E-state index contributed by atoms with van der Waals surface area (Å²) in [5.41, 5.74) is 4.94. The molecular formula is C27H26N4O3. The van der Waals surface area contributed by atoms with Crippen molar-refractivity contribution in [3.8, 4) is 0 Å². The number of carbonyl (C=O) groups excluding carboxylic acids is 1. The van der Waals surface area contributed by atoms with Crippen molar-refractivity contribution < 1.29 is 9.72 Å². The van der Waals surface area contributed by atoms with E-state index < -0.39 is 4.92 Å². The molecular weight excluding hydrogens is 428 g/mol. The van der Waals surface area contributed by atoms with E-state index in [1.165, 1.54) is 24.1 Å². The molecule has 1 saturated heterocycles. The first-order chi connectivity index (χ1) is 16.5. The zero-order valence-electron chi connectivity index (χ0n) is 19.0. The maximum atomic E-state index is 13.0. The van der Waals surface area contributed by atoms with Gasteiger partial charge in [-0.25, -0.2) is 0 Å². The molecule has 2 heterocycles. The molecule has 2 N–H and O–H groups in total. The summed E-state index contributed by atoms with van der Waals surface area (Å²) in [4.78, 5) is 26.4. The summed E-state index contributed by atoms with van der Waals surface area (Å²) in [5, 5.41) is 17.6. The van der Waals surface area contributed by atoms with Gasteiger partial charge in [-0.15, -0.1) is 0 Å². The van der Waals surface area contributed by atoms with E-state index in [-0.39, 0.29) is 11.6 Å². The summed E-state index contributed by atoms with van der Waals surface area (Å²) in [6, 6.07) is 22.2. The predicted molar refractivity (Wildman–Crippen MR) is 134 cm³/mol. The molecule has 3 aromatic carbocycles. The topological polar surface area (TPSA) is 87.5 Å². The maximum Gasteiger partial charge on any atom is 0.270 e. The predicted octanol–water partition coefficient (Wildman–Crippen LogP) is 5.37. The monoisotopic (exact) mass is 454 g/mol. The largest absolute Gasteiger partial charge is 0.354 e. The standard InChI is InChI=1S/C27H26N4O3/c1-18-13-14-30(16-18)17-19-7-9-21(10-8-19)28-26(20-5-3-2-4-6-20)25-23-15-22(31(33)34)11-12-24(23)29-27(25)32/h2-12,15,18,28H,13-14,16-17H2,1H3,(H,29,32). The molecule has 0 aliphatic carbocycles. The third-order valence-corrected chi connectivity index (χ3v) is 6.41. The number of anilines is 2. The van der Waals surface area contributed by atoms with Crippen molar-refractivity contribution in [2.45, 2.75) is 19.9 Å². The number of non-ortho nitro benzene ring substituents is 1. The first-order valence-corrected chi connectivity index (χ1v) is 11.5. The van der Waals surface area contributed by atoms with Gasteiger partial charge >= 0.3 is 0 Å². The normalized spacial score (nSPS) is 19.0. The molecule has 0 radical (unpaired) electrons. The zero-order chi connectivity index (χ0) is 23.7. The van der Waals surface area contributed by atoms with Gasteiger partial charge in [-0.3, -0.25) is 19.8 Å². The van der Waals surface area contributed by atoms with Gasteiger partial charge in [0.15, 0.2) is 0 Å². The number of nitro groups is 1. The number of nitro benzene ring substituents is 1. The Bertz CT molecular complexity index is 1270. The Balaban J connectivity index is 1.50. The number of fused-ring (bicyclic) bond motifs is 1. The van der Waals surface area contributed by atoms with Crippen molar-refractivity contribution >= 4 is 34.2 Å². The lowest BCUT2D eigenvalue weighted by Crippen LogP contribution is -2.19. The molecule has 2 aliphatic heterocycles. The number of benzene rings is 3. The smallest absolute Gasteiger partial charge is 0.270 e. The number of rotatable bonds is 6. The highest BCUT2D eigenvalue weighted by molar-refractivity contribution is 6.37. The SMILES string of the molecule is CC1CCN(Cc2ccc(NC(=C3C(=O)Nc4ccc([N+](=O)[O-])cc43)c3ccccc3)cc2)C1. The molecule has 1 atom stereocenters. The van der Waals surface area contributed by atoms with E-state index in [0.29, 0.717) is 22.5 Å². The Hall–Kier alpha value is -3.97. The van der Waals surface area contributed by atoms with E-state index in [4.69, 9.17) is 0 Å². The van der Waals surface area contributed by atoms with E-state index in [9.17, 15) is 14.9 Å². The highest BCUT2D eigenvalue weighted by Gasteiger charge is 2.30. The van der Waals surface area contributed by atoms with Gasteiger partial charge in [0.2, 0.25) is 0 Å². The van der Waals surface area contributed by atoms with Crippen LogP contribution in [0.1, 0.15) is 30.0 Å². The van der Waals surface area contributed by atoms with E-state index in [0.717, 1.165) is 36.8 Å². The van der Waals surface area contributed by atoms with Gasteiger partial charge < -0.3 is 10.6 Å². The van der Waals surface area contributed by atoms with Gasteiger partial charge in [0, 0.05) is 42.2 Å². The fourth-order valence-electron chi connectivity index (χ4n) is 4.67. The average Bonchev–Trinajstić information content (AvgIpc) is 3.40. The van der Waals surface area contributed by atoms with E-state index in [1.807, 2.05) is 42.5 Å². The molecule has 0 aromatic heterocycles. The van der Waals surface area contributed by atoms with Crippen LogP contribution >= 0.6 is 0 Å². The number of likely N-dealkylation sites (tertiary alicyclic amines) is 1. The van der Waals surface area contributed by atoms with Crippen molar-refractivity contribution in [1.29, 1.82) is 0 Å². The van der Waals surface area contributed by atoms with Crippen LogP contribution in [0.4, 0.5) is 17.1 Å². The van der Waals surface area contributed by atoms with Crippen molar-refractivity contribution in [3.05, 3.63) is 99.6 Å². The molecule has 3 aromatic rings. The molecule has 5 rings (SSSR count). The third kappa shape index (κ3) is 4.43. The molecule has 7 heteroatoms. The van der Waals surface area contributed by atoms with Crippen LogP contribution in [0.15, 0.2) is 72.8 Å². The fourth-order valence-corrected chi connectivity index (χ4v) is 4.67. The molecule has 172 valence electrons. The van der Waals surface area contributed by atoms with Gasteiger partial charge in [-0.2, -0.15) is 0 Å². The van der Waals surface area contributed by atoms with Gasteiger partial charge in [0.1, 0.15) is 0 Å². The van der Waals surface area contributed by atoms with Crippen LogP contribution in [0.3, 0.4) is 0 Å². The number of hydrogen-bond acceptors (Lipinski definition) is 5. The first kappa shape index (κ1) is 21.9. The molecule has 34 heavy (non-hydrogen) atoms. The summed E-state index contributed by atoms with van der Waals surface area (Å²) < 4.78 is 0. The number of nitrogens with zero attached hydrogens (tertiary/aromatic N) is 2. The minimum absolute atomic E-state index is 0.0549. The van der Waals surface area contributed by atoms with Crippen LogP contribution in [0.25, 0.3) is 11.3 Å². The molecule has 2 aliphatic rings. The van der Waals surface area contributed by atoms with E-state index in [1.54, 1.807) is 6.07 Å². The fraction of sp³-hybridized carbons (Fsp3) is 0.222. The molecule has 1 amide bonds. The molecule has 1 unspecified atom stereocenters. The van der Waals surface area contributed by atoms with Gasteiger partial charge in [-0.1, -0.05) is 49.4 Å². The lowest BCUT2D eigenvalue weighted by atomic mass is 9.99. The molecule has 0 saturated carbocycles. The second-order valence-electron chi connectivity index (χ2n) is 9.01. The van der Waals surface area contributed by atoms with Crippen LogP contribution in [-0.4, -0.2) is 28.8 Å². The summed E-state index contributed by atoms with van der Waals surface area (Å²) in [6.45, 7) is 5.48. The summed E-state index contributed by atoms with van der Waals surface area (Å²) in [5.74, 6) is 0.457. The van der Waals surface area contributed by atoms with Crippen molar-refractivity contribution in [2.75, 3.05) is 23.7 Å². The highest BCUT2D eigenvalue weighted by atomic mass is 16.6. The first-order valence-electron chi connectivity index (χ1n) is 11.5. The quantitative estimate of drug-likeness (QED) is 0.297. The number of carbonyl (C=O) groups is 1. The van der Waals surface area contributed by atoms with E-state index in [2.05, 4.69) is 34.6 Å². The zero-order valence-corrected chi connectivity index (χ0v) is 19.0. The maximum absolute atomic E-state index is 13.0. The number of nitrogens with one attached hydrogen (secondary N) is 2. The Morgan fingerprint density at radius 2 is 1.88 bits per heavy atom. The highest BCUT2D eigenvalue weighted by Crippen LogP contribution is 2.39. The van der Waals surface area contributed by atoms with Crippen molar-refractivity contribution in [2.24, 2.45) is 5.92 Å². The second-order valence-corrected chi connectivity index (χ2v) is 9.01. The van der Waals surface area contributed by atoms with Crippen LogP contribution in [0.5, 0.6) is 0 Å². The Morgan fingerprint density at radius 3 is 2.56 bits per heavy atom. The third-order valence-electron chi connectivity index (χ3n) is 6.41. The van der Waals surface area contributed by atoms with Crippen LogP contribution < -0.4 is 10.6 Å². The minimum atomic E-state index is -0.448. The number of hydrogen-bond donors (Lipinski definition) is 2. The van der Waals surface area contributed by atoms with Crippen LogP contribution in [0, 0.1) is 16.0 Å². The number of amides is 1. The lowest BCUT2D eigenvalue weighted by Gasteiger charge is -2.17. The summed E-state index contributed by atoms with van der Waals surface area (Å²) >= 11 is 0. The average molecular weight is 455 g/mol. The molecule has 0 bridgehead atoms. The summed E-state index contributed by atoms with van der Waals surface area (Å²) in [6.07, 6.45) is 1.25. The van der Waals surface area contributed by atoms with E-state index >= 15 is 0 Å². The second kappa shape index (κ2) is 9.11. The van der Waals surface area contributed by atoms with Crippen molar-refractivity contribution in [3.63, 3.8) is 0 Å². The van der Waals surface area contributed by atoms with Gasteiger partial charge in [0.05, 0.1) is 16.2 Å².